The van der Waals surface area contributed by atoms with Crippen LogP contribution in [-0.2, 0) is 19.1 Å². The van der Waals surface area contributed by atoms with Crippen molar-refractivity contribution in [3.63, 3.8) is 0 Å². The molecule has 7 heteroatoms. The summed E-state index contributed by atoms with van der Waals surface area (Å²) in [7, 11) is 2.44. The quantitative estimate of drug-likeness (QED) is 0.726. The molecule has 0 spiro atoms. The normalized spacial score (nSPS) is 11.9. The molecular weight excluding hydrogens is 221 g/mol. The summed E-state index contributed by atoms with van der Waals surface area (Å²) in [5, 5.41) is 3.56. The number of aryl methyl sites for hydroxylation is 1. The van der Waals surface area contributed by atoms with Crippen molar-refractivity contribution in [2.45, 2.75) is 12.1 Å². The molecule has 1 heterocycles. The molecule has 0 aromatic carbocycles. The highest BCUT2D eigenvalue weighted by atomic mass is 35.5. The molecule has 0 radical (unpaired) electrons. The zero-order valence-electron chi connectivity index (χ0n) is 7.52. The molecule has 0 amide bonds. The van der Waals surface area contributed by atoms with Crippen LogP contribution in [0.15, 0.2) is 0 Å². The third kappa shape index (κ3) is 1.79. The Bertz CT molecular complexity index is 334. The predicted octanol–water partition coefficient (Wildman–Crippen LogP) is 2.19. The Labute approximate surface area is 83.4 Å². The Hall–Kier alpha value is -0.910. The van der Waals surface area contributed by atoms with Crippen molar-refractivity contribution >= 4 is 11.6 Å². The summed E-state index contributed by atoms with van der Waals surface area (Å²) in [5.41, 5.74) is -1.01. The molecule has 1 rings (SSSR count). The SMILES string of the molecule is COc1nn(C)c(C(F)(F)F)c1CCl. The van der Waals surface area contributed by atoms with Gasteiger partial charge in [0.1, 0.15) is 0 Å². The topological polar surface area (TPSA) is 27.1 Å². The molecule has 80 valence electrons. The molecule has 0 saturated heterocycles. The van der Waals surface area contributed by atoms with Crippen molar-refractivity contribution in [3.8, 4) is 5.88 Å². The molecule has 0 aliphatic rings. The van der Waals surface area contributed by atoms with E-state index in [2.05, 4.69) is 9.84 Å². The summed E-state index contributed by atoms with van der Waals surface area (Å²) in [6.07, 6.45) is -4.47. The molecule has 0 aliphatic heterocycles. The highest BCUT2D eigenvalue weighted by Gasteiger charge is 2.39. The molecule has 1 aromatic heterocycles. The number of alkyl halides is 4. The van der Waals surface area contributed by atoms with Crippen LogP contribution in [0.3, 0.4) is 0 Å². The van der Waals surface area contributed by atoms with E-state index in [1.165, 1.54) is 14.2 Å². The van der Waals surface area contributed by atoms with E-state index in [0.717, 1.165) is 4.68 Å². The Morgan fingerprint density at radius 2 is 2.07 bits per heavy atom. The van der Waals surface area contributed by atoms with Gasteiger partial charge in [-0.1, -0.05) is 0 Å². The van der Waals surface area contributed by atoms with E-state index in [4.69, 9.17) is 11.6 Å². The Morgan fingerprint density at radius 1 is 1.50 bits per heavy atom. The van der Waals surface area contributed by atoms with Crippen molar-refractivity contribution in [1.82, 2.24) is 9.78 Å². The van der Waals surface area contributed by atoms with Gasteiger partial charge < -0.3 is 4.74 Å². The molecule has 0 atom stereocenters. The van der Waals surface area contributed by atoms with E-state index in [1.54, 1.807) is 0 Å². The fourth-order valence-corrected chi connectivity index (χ4v) is 1.42. The highest BCUT2D eigenvalue weighted by Crippen LogP contribution is 2.36. The molecular formula is C7H8ClF3N2O. The van der Waals surface area contributed by atoms with Gasteiger partial charge in [-0.3, -0.25) is 4.68 Å². The van der Waals surface area contributed by atoms with Crippen LogP contribution in [0.25, 0.3) is 0 Å². The van der Waals surface area contributed by atoms with Crippen LogP contribution in [0.1, 0.15) is 11.3 Å². The minimum Gasteiger partial charge on any atom is -0.480 e. The van der Waals surface area contributed by atoms with Gasteiger partial charge in [-0.25, -0.2) is 0 Å². The van der Waals surface area contributed by atoms with Crippen LogP contribution in [0.5, 0.6) is 5.88 Å². The summed E-state index contributed by atoms with van der Waals surface area (Å²) in [5.74, 6) is -0.374. The Balaban J connectivity index is 3.34. The summed E-state index contributed by atoms with van der Waals surface area (Å²) < 4.78 is 42.8. The average Bonchev–Trinajstić information content (AvgIpc) is 2.40. The maximum atomic E-state index is 12.5. The zero-order valence-corrected chi connectivity index (χ0v) is 8.28. The zero-order chi connectivity index (χ0) is 10.9. The van der Waals surface area contributed by atoms with Gasteiger partial charge in [0.05, 0.1) is 18.6 Å². The van der Waals surface area contributed by atoms with Crippen LogP contribution >= 0.6 is 11.6 Å². The summed E-state index contributed by atoms with van der Waals surface area (Å²) >= 11 is 5.40. The minimum atomic E-state index is -4.47. The lowest BCUT2D eigenvalue weighted by Gasteiger charge is -2.07. The number of halogens is 4. The van der Waals surface area contributed by atoms with E-state index in [-0.39, 0.29) is 17.3 Å². The first-order valence-corrected chi connectivity index (χ1v) is 4.18. The van der Waals surface area contributed by atoms with E-state index in [9.17, 15) is 13.2 Å². The van der Waals surface area contributed by atoms with E-state index in [0.29, 0.717) is 0 Å². The maximum absolute atomic E-state index is 12.5. The number of nitrogens with zero attached hydrogens (tertiary/aromatic N) is 2. The van der Waals surface area contributed by atoms with Gasteiger partial charge in [-0.05, 0) is 0 Å². The van der Waals surface area contributed by atoms with Gasteiger partial charge in [-0.2, -0.15) is 13.2 Å². The second-order valence-electron chi connectivity index (χ2n) is 2.59. The number of rotatable bonds is 2. The number of methoxy groups -OCH3 is 1. The fraction of sp³-hybridized carbons (Fsp3) is 0.571. The smallest absolute Gasteiger partial charge is 0.433 e. The Morgan fingerprint density at radius 3 is 2.43 bits per heavy atom. The minimum absolute atomic E-state index is 0.0881. The van der Waals surface area contributed by atoms with Gasteiger partial charge in [0.2, 0.25) is 5.88 Å². The van der Waals surface area contributed by atoms with Crippen molar-refractivity contribution < 1.29 is 17.9 Å². The number of aromatic nitrogens is 2. The number of hydrogen-bond donors (Lipinski definition) is 0. The van der Waals surface area contributed by atoms with Crippen LogP contribution in [0.4, 0.5) is 13.2 Å². The van der Waals surface area contributed by atoms with Gasteiger partial charge in [0.15, 0.2) is 5.69 Å². The van der Waals surface area contributed by atoms with Gasteiger partial charge in [0.25, 0.3) is 0 Å². The fourth-order valence-electron chi connectivity index (χ4n) is 1.18. The maximum Gasteiger partial charge on any atom is 0.433 e. The predicted molar refractivity (Wildman–Crippen MR) is 44.3 cm³/mol. The van der Waals surface area contributed by atoms with E-state index < -0.39 is 11.9 Å². The first-order valence-electron chi connectivity index (χ1n) is 3.64. The first-order chi connectivity index (χ1) is 6.41. The van der Waals surface area contributed by atoms with Crippen molar-refractivity contribution in [2.24, 2.45) is 7.05 Å². The summed E-state index contributed by atoms with van der Waals surface area (Å²) in [6.45, 7) is 0. The van der Waals surface area contributed by atoms with Crippen molar-refractivity contribution in [3.05, 3.63) is 11.3 Å². The molecule has 14 heavy (non-hydrogen) atoms. The number of hydrogen-bond acceptors (Lipinski definition) is 2. The van der Waals surface area contributed by atoms with Gasteiger partial charge >= 0.3 is 6.18 Å². The standard InChI is InChI=1S/C7H8ClF3N2O/c1-13-5(7(9,10)11)4(3-8)6(12-13)14-2/h3H2,1-2H3. The monoisotopic (exact) mass is 228 g/mol. The van der Waals surface area contributed by atoms with Crippen LogP contribution in [0, 0.1) is 0 Å². The van der Waals surface area contributed by atoms with Crippen molar-refractivity contribution in [2.75, 3.05) is 7.11 Å². The third-order valence-corrected chi connectivity index (χ3v) is 1.97. The molecule has 0 fully saturated rings. The molecule has 3 nitrogen and oxygen atoms in total. The Kier molecular flexibility index (Phi) is 2.94. The van der Waals surface area contributed by atoms with Gasteiger partial charge in [-0.15, -0.1) is 16.7 Å². The molecule has 1 aromatic rings. The molecule has 0 bridgehead atoms. The lowest BCUT2D eigenvalue weighted by atomic mass is 10.2. The highest BCUT2D eigenvalue weighted by molar-refractivity contribution is 6.17. The summed E-state index contributed by atoms with van der Waals surface area (Å²) in [6, 6.07) is 0. The first kappa shape index (κ1) is 11.2. The van der Waals surface area contributed by atoms with Gasteiger partial charge in [0, 0.05) is 7.05 Å². The third-order valence-electron chi connectivity index (χ3n) is 1.70. The molecule has 0 saturated carbocycles. The molecule has 0 unspecified atom stereocenters. The lowest BCUT2D eigenvalue weighted by molar-refractivity contribution is -0.144. The van der Waals surface area contributed by atoms with Crippen LogP contribution in [-0.4, -0.2) is 16.9 Å². The second kappa shape index (κ2) is 3.68. The lowest BCUT2D eigenvalue weighted by Crippen LogP contribution is -2.13. The molecule has 0 aliphatic carbocycles. The van der Waals surface area contributed by atoms with Crippen LogP contribution < -0.4 is 4.74 Å². The van der Waals surface area contributed by atoms with E-state index in [1.807, 2.05) is 0 Å². The summed E-state index contributed by atoms with van der Waals surface area (Å²) in [4.78, 5) is 0. The van der Waals surface area contributed by atoms with Crippen LogP contribution in [0.2, 0.25) is 0 Å². The second-order valence-corrected chi connectivity index (χ2v) is 2.86. The van der Waals surface area contributed by atoms with Crippen molar-refractivity contribution in [1.29, 1.82) is 0 Å². The number of ether oxygens (including phenoxy) is 1. The van der Waals surface area contributed by atoms with E-state index >= 15 is 0 Å². The average molecular weight is 229 g/mol. The largest absolute Gasteiger partial charge is 0.480 e. The molecule has 0 N–H and O–H groups in total.